The van der Waals surface area contributed by atoms with Crippen LogP contribution < -0.4 is 11.1 Å². The molecular weight excluding hydrogens is 164 g/mol. The molecule has 0 saturated heterocycles. The van der Waals surface area contributed by atoms with Crippen molar-refractivity contribution < 1.29 is 4.74 Å². The third-order valence-electron chi connectivity index (χ3n) is 1.81. The Bertz CT molecular complexity index is 133. The summed E-state index contributed by atoms with van der Waals surface area (Å²) in [6.45, 7) is 10.8. The first kappa shape index (κ1) is 12.6. The maximum absolute atomic E-state index is 5.53. The van der Waals surface area contributed by atoms with Gasteiger partial charge in [-0.3, -0.25) is 0 Å². The van der Waals surface area contributed by atoms with Crippen LogP contribution in [0.15, 0.2) is 12.2 Å². The van der Waals surface area contributed by atoms with Crippen LogP contribution in [-0.2, 0) is 4.74 Å². The fourth-order valence-electron chi connectivity index (χ4n) is 0.976. The van der Waals surface area contributed by atoms with E-state index in [2.05, 4.69) is 18.8 Å². The van der Waals surface area contributed by atoms with Crippen molar-refractivity contribution >= 4 is 0 Å². The zero-order chi connectivity index (χ0) is 10.1. The zero-order valence-electron chi connectivity index (χ0n) is 8.81. The number of hydrogen-bond acceptors (Lipinski definition) is 3. The molecule has 0 spiro atoms. The van der Waals surface area contributed by atoms with Crippen LogP contribution in [0.2, 0.25) is 0 Å². The lowest BCUT2D eigenvalue weighted by atomic mass is 10.2. The minimum atomic E-state index is 0.424. The molecule has 0 saturated carbocycles. The summed E-state index contributed by atoms with van der Waals surface area (Å²) in [5.41, 5.74) is 6.59. The smallest absolute Gasteiger partial charge is 0.0672 e. The summed E-state index contributed by atoms with van der Waals surface area (Å²) in [7, 11) is 0. The Morgan fingerprint density at radius 3 is 2.77 bits per heavy atom. The molecule has 0 aliphatic carbocycles. The molecule has 0 aromatic rings. The van der Waals surface area contributed by atoms with Crippen molar-refractivity contribution in [2.45, 2.75) is 26.3 Å². The summed E-state index contributed by atoms with van der Waals surface area (Å²) in [6.07, 6.45) is 1.07. The third kappa shape index (κ3) is 7.96. The second-order valence-electron chi connectivity index (χ2n) is 3.30. The molecule has 0 amide bonds. The first-order valence-corrected chi connectivity index (χ1v) is 4.86. The van der Waals surface area contributed by atoms with Crippen molar-refractivity contribution in [1.82, 2.24) is 5.32 Å². The summed E-state index contributed by atoms with van der Waals surface area (Å²) in [5, 5.41) is 3.31. The zero-order valence-corrected chi connectivity index (χ0v) is 8.81. The fourth-order valence-corrected chi connectivity index (χ4v) is 0.976. The van der Waals surface area contributed by atoms with Gasteiger partial charge in [0, 0.05) is 19.1 Å². The van der Waals surface area contributed by atoms with Crippen LogP contribution in [0.1, 0.15) is 20.3 Å². The van der Waals surface area contributed by atoms with E-state index in [4.69, 9.17) is 10.5 Å². The van der Waals surface area contributed by atoms with E-state index in [0.29, 0.717) is 19.2 Å². The van der Waals surface area contributed by atoms with Crippen molar-refractivity contribution in [3.05, 3.63) is 12.2 Å². The first-order chi connectivity index (χ1) is 6.20. The van der Waals surface area contributed by atoms with Gasteiger partial charge in [-0.2, -0.15) is 0 Å². The number of hydrogen-bond donors (Lipinski definition) is 2. The van der Waals surface area contributed by atoms with Gasteiger partial charge in [-0.25, -0.2) is 0 Å². The highest BCUT2D eigenvalue weighted by Crippen LogP contribution is 1.89. The lowest BCUT2D eigenvalue weighted by molar-refractivity contribution is 0.155. The maximum Gasteiger partial charge on any atom is 0.0672 e. The highest BCUT2D eigenvalue weighted by atomic mass is 16.5. The number of nitrogens with one attached hydrogen (secondary N) is 1. The van der Waals surface area contributed by atoms with E-state index >= 15 is 0 Å². The highest BCUT2D eigenvalue weighted by molar-refractivity contribution is 4.87. The van der Waals surface area contributed by atoms with Crippen molar-refractivity contribution in [3.8, 4) is 0 Å². The molecule has 3 heteroatoms. The predicted molar refractivity (Wildman–Crippen MR) is 56.8 cm³/mol. The predicted octanol–water partition coefficient (Wildman–Crippen LogP) is 0.906. The molecule has 3 N–H and O–H groups in total. The molecule has 0 radical (unpaired) electrons. The van der Waals surface area contributed by atoms with Crippen molar-refractivity contribution in [2.24, 2.45) is 5.73 Å². The van der Waals surface area contributed by atoms with Crippen molar-refractivity contribution in [2.75, 3.05) is 26.3 Å². The first-order valence-electron chi connectivity index (χ1n) is 4.86. The maximum atomic E-state index is 5.53. The highest BCUT2D eigenvalue weighted by Gasteiger charge is 2.00. The molecule has 1 unspecified atom stereocenters. The largest absolute Gasteiger partial charge is 0.376 e. The Labute approximate surface area is 81.3 Å². The summed E-state index contributed by atoms with van der Waals surface area (Å²) in [5.74, 6) is 0. The van der Waals surface area contributed by atoms with E-state index < -0.39 is 0 Å². The number of ether oxygens (including phenoxy) is 1. The van der Waals surface area contributed by atoms with Crippen LogP contribution in [0, 0.1) is 0 Å². The number of nitrogens with two attached hydrogens (primary N) is 1. The Morgan fingerprint density at radius 1 is 1.62 bits per heavy atom. The Morgan fingerprint density at radius 2 is 2.31 bits per heavy atom. The molecule has 0 heterocycles. The van der Waals surface area contributed by atoms with Crippen molar-refractivity contribution in [3.63, 3.8) is 0 Å². The van der Waals surface area contributed by atoms with Gasteiger partial charge in [0.15, 0.2) is 0 Å². The van der Waals surface area contributed by atoms with Crippen LogP contribution in [-0.4, -0.2) is 32.3 Å². The van der Waals surface area contributed by atoms with Gasteiger partial charge in [-0.05, 0) is 13.3 Å². The molecule has 0 aromatic carbocycles. The van der Waals surface area contributed by atoms with E-state index in [-0.39, 0.29) is 0 Å². The molecule has 0 aliphatic heterocycles. The van der Waals surface area contributed by atoms with Gasteiger partial charge in [0.25, 0.3) is 0 Å². The van der Waals surface area contributed by atoms with E-state index in [1.807, 2.05) is 6.92 Å². The van der Waals surface area contributed by atoms with Gasteiger partial charge >= 0.3 is 0 Å². The molecule has 13 heavy (non-hydrogen) atoms. The van der Waals surface area contributed by atoms with Gasteiger partial charge in [0.05, 0.1) is 13.2 Å². The lowest BCUT2D eigenvalue weighted by Gasteiger charge is -2.14. The van der Waals surface area contributed by atoms with Crippen molar-refractivity contribution in [1.29, 1.82) is 0 Å². The van der Waals surface area contributed by atoms with Crippen LogP contribution in [0.5, 0.6) is 0 Å². The van der Waals surface area contributed by atoms with Crippen LogP contribution >= 0.6 is 0 Å². The summed E-state index contributed by atoms with van der Waals surface area (Å²) in [6, 6.07) is 0.424. The SMILES string of the molecule is C=C(C)COCCNC(CC)CN. The third-order valence-corrected chi connectivity index (χ3v) is 1.81. The minimum absolute atomic E-state index is 0.424. The summed E-state index contributed by atoms with van der Waals surface area (Å²) < 4.78 is 5.33. The number of rotatable bonds is 8. The second-order valence-corrected chi connectivity index (χ2v) is 3.30. The molecule has 0 rings (SSSR count). The van der Waals surface area contributed by atoms with E-state index in [1.165, 1.54) is 0 Å². The van der Waals surface area contributed by atoms with Crippen LogP contribution in [0.25, 0.3) is 0 Å². The van der Waals surface area contributed by atoms with E-state index in [1.54, 1.807) is 0 Å². The molecule has 0 aromatic heterocycles. The van der Waals surface area contributed by atoms with Gasteiger partial charge in [0.2, 0.25) is 0 Å². The standard InChI is InChI=1S/C10H22N2O/c1-4-10(7-11)12-5-6-13-8-9(2)3/h10,12H,2,4-8,11H2,1,3H3. The lowest BCUT2D eigenvalue weighted by Crippen LogP contribution is -2.37. The fraction of sp³-hybridized carbons (Fsp3) is 0.800. The monoisotopic (exact) mass is 186 g/mol. The molecule has 0 fully saturated rings. The molecule has 0 aliphatic rings. The summed E-state index contributed by atoms with van der Waals surface area (Å²) in [4.78, 5) is 0. The van der Waals surface area contributed by atoms with E-state index in [0.717, 1.165) is 25.1 Å². The molecule has 78 valence electrons. The Hall–Kier alpha value is -0.380. The minimum Gasteiger partial charge on any atom is -0.376 e. The topological polar surface area (TPSA) is 47.3 Å². The molecule has 3 nitrogen and oxygen atoms in total. The summed E-state index contributed by atoms with van der Waals surface area (Å²) >= 11 is 0. The van der Waals surface area contributed by atoms with Gasteiger partial charge in [-0.15, -0.1) is 0 Å². The van der Waals surface area contributed by atoms with Gasteiger partial charge in [-0.1, -0.05) is 19.1 Å². The Kier molecular flexibility index (Phi) is 7.99. The van der Waals surface area contributed by atoms with Crippen LogP contribution in [0.4, 0.5) is 0 Å². The quantitative estimate of drug-likeness (QED) is 0.437. The van der Waals surface area contributed by atoms with Gasteiger partial charge < -0.3 is 15.8 Å². The Balaban J connectivity index is 3.19. The second kappa shape index (κ2) is 8.23. The van der Waals surface area contributed by atoms with Crippen LogP contribution in [0.3, 0.4) is 0 Å². The molecule has 1 atom stereocenters. The average molecular weight is 186 g/mol. The normalized spacial score (nSPS) is 12.8. The molecular formula is C10H22N2O. The van der Waals surface area contributed by atoms with Gasteiger partial charge in [0.1, 0.15) is 0 Å². The van der Waals surface area contributed by atoms with E-state index in [9.17, 15) is 0 Å². The molecule has 0 bridgehead atoms. The average Bonchev–Trinajstić information content (AvgIpc) is 2.11.